The van der Waals surface area contributed by atoms with Crippen molar-refractivity contribution in [2.75, 3.05) is 6.54 Å². The average molecular weight is 290 g/mol. The Morgan fingerprint density at radius 3 is 2.57 bits per heavy atom. The van der Waals surface area contributed by atoms with Crippen LogP contribution in [0.1, 0.15) is 29.8 Å². The number of carbonyl (C=O) groups is 3. The maximum absolute atomic E-state index is 12.0. The normalized spacial score (nSPS) is 11.3. The van der Waals surface area contributed by atoms with Crippen LogP contribution in [0.4, 0.5) is 0 Å². The van der Waals surface area contributed by atoms with E-state index >= 15 is 0 Å². The van der Waals surface area contributed by atoms with Gasteiger partial charge in [-0.15, -0.1) is 0 Å². The highest BCUT2D eigenvalue weighted by Crippen LogP contribution is 2.13. The van der Waals surface area contributed by atoms with E-state index in [0.29, 0.717) is 11.1 Å². The number of amides is 2. The molecule has 1 aromatic carbocycles. The molecule has 4 N–H and O–H groups in total. The van der Waals surface area contributed by atoms with Crippen molar-refractivity contribution in [3.63, 3.8) is 0 Å². The Bertz CT molecular complexity index is 591. The molecular weight excluding hydrogens is 272 g/mol. The number of primary amides is 1. The van der Waals surface area contributed by atoms with Gasteiger partial charge in [0.15, 0.2) is 0 Å². The van der Waals surface area contributed by atoms with Crippen molar-refractivity contribution < 1.29 is 19.5 Å². The molecule has 0 saturated carbocycles. The van der Waals surface area contributed by atoms with E-state index < -0.39 is 17.3 Å². The molecular formula is C15H18N2O4. The zero-order valence-electron chi connectivity index (χ0n) is 11.9. The molecule has 21 heavy (non-hydrogen) atoms. The number of carbonyl (C=O) groups excluding carboxylic acids is 2. The second-order valence-electron chi connectivity index (χ2n) is 5.23. The molecule has 0 aliphatic heterocycles. The van der Waals surface area contributed by atoms with E-state index in [4.69, 9.17) is 10.8 Å². The van der Waals surface area contributed by atoms with E-state index in [1.807, 2.05) is 0 Å². The van der Waals surface area contributed by atoms with Gasteiger partial charge in [0, 0.05) is 18.2 Å². The average Bonchev–Trinajstić information content (AvgIpc) is 2.42. The number of nitrogens with one attached hydrogen (secondary N) is 1. The minimum absolute atomic E-state index is 0.121. The van der Waals surface area contributed by atoms with Gasteiger partial charge >= 0.3 is 5.97 Å². The van der Waals surface area contributed by atoms with Gasteiger partial charge in [-0.05, 0) is 37.6 Å². The molecule has 0 bridgehead atoms. The van der Waals surface area contributed by atoms with Crippen molar-refractivity contribution in [1.29, 1.82) is 0 Å². The lowest BCUT2D eigenvalue weighted by atomic mass is 9.92. The van der Waals surface area contributed by atoms with E-state index in [2.05, 4.69) is 5.32 Å². The highest BCUT2D eigenvalue weighted by atomic mass is 16.4. The van der Waals surface area contributed by atoms with Gasteiger partial charge in [-0.2, -0.15) is 0 Å². The second kappa shape index (κ2) is 6.69. The molecule has 0 spiro atoms. The first kappa shape index (κ1) is 16.4. The Labute approximate surface area is 122 Å². The minimum Gasteiger partial charge on any atom is -0.478 e. The Hall–Kier alpha value is -2.63. The predicted octanol–water partition coefficient (Wildman–Crippen LogP) is 1.03. The van der Waals surface area contributed by atoms with Gasteiger partial charge in [0.2, 0.25) is 5.91 Å². The number of carboxylic acid groups (broad SMARTS) is 1. The number of aliphatic carboxylic acids is 1. The van der Waals surface area contributed by atoms with Crippen LogP contribution in [0.25, 0.3) is 6.08 Å². The van der Waals surface area contributed by atoms with Crippen LogP contribution in [-0.4, -0.2) is 29.4 Å². The summed E-state index contributed by atoms with van der Waals surface area (Å²) in [6.45, 7) is 3.40. The zero-order chi connectivity index (χ0) is 16.0. The van der Waals surface area contributed by atoms with Gasteiger partial charge in [-0.3, -0.25) is 9.59 Å². The van der Waals surface area contributed by atoms with E-state index in [0.717, 1.165) is 6.08 Å². The number of nitrogens with two attached hydrogens (primary N) is 1. The van der Waals surface area contributed by atoms with Gasteiger partial charge in [0.05, 0.1) is 5.41 Å². The number of benzene rings is 1. The number of carboxylic acids is 1. The van der Waals surface area contributed by atoms with Crippen LogP contribution >= 0.6 is 0 Å². The molecule has 6 nitrogen and oxygen atoms in total. The van der Waals surface area contributed by atoms with Crippen LogP contribution in [-0.2, 0) is 9.59 Å². The molecule has 1 aromatic rings. The monoisotopic (exact) mass is 290 g/mol. The van der Waals surface area contributed by atoms with E-state index in [9.17, 15) is 14.4 Å². The largest absolute Gasteiger partial charge is 0.478 e. The SMILES string of the molecule is CC(C)(CNC(=O)c1cccc(/C=C/C(=O)O)c1)C(N)=O. The van der Waals surface area contributed by atoms with Crippen molar-refractivity contribution >= 4 is 23.9 Å². The lowest BCUT2D eigenvalue weighted by Gasteiger charge is -2.20. The van der Waals surface area contributed by atoms with Crippen LogP contribution in [0.5, 0.6) is 0 Å². The van der Waals surface area contributed by atoms with Crippen molar-refractivity contribution in [1.82, 2.24) is 5.32 Å². The Morgan fingerprint density at radius 2 is 2.00 bits per heavy atom. The summed E-state index contributed by atoms with van der Waals surface area (Å²) in [5, 5.41) is 11.2. The zero-order valence-corrected chi connectivity index (χ0v) is 11.9. The molecule has 0 radical (unpaired) electrons. The van der Waals surface area contributed by atoms with Crippen LogP contribution in [0.2, 0.25) is 0 Å². The lowest BCUT2D eigenvalue weighted by Crippen LogP contribution is -2.42. The molecule has 0 saturated heterocycles. The van der Waals surface area contributed by atoms with Gasteiger partial charge in [0.1, 0.15) is 0 Å². The summed E-state index contributed by atoms with van der Waals surface area (Å²) in [6.07, 6.45) is 2.39. The summed E-state index contributed by atoms with van der Waals surface area (Å²) in [5.74, 6) is -1.91. The smallest absolute Gasteiger partial charge is 0.328 e. The summed E-state index contributed by atoms with van der Waals surface area (Å²) in [7, 11) is 0. The first-order valence-corrected chi connectivity index (χ1v) is 6.31. The van der Waals surface area contributed by atoms with Crippen LogP contribution in [0, 0.1) is 5.41 Å². The molecule has 0 atom stereocenters. The van der Waals surface area contributed by atoms with E-state index in [-0.39, 0.29) is 12.5 Å². The van der Waals surface area contributed by atoms with Gasteiger partial charge in [-0.1, -0.05) is 12.1 Å². The van der Waals surface area contributed by atoms with Gasteiger partial charge < -0.3 is 16.2 Å². The van der Waals surface area contributed by atoms with Crippen molar-refractivity contribution in [2.45, 2.75) is 13.8 Å². The Kier molecular flexibility index (Phi) is 5.24. The first-order chi connectivity index (χ1) is 9.72. The third kappa shape index (κ3) is 5.10. The topological polar surface area (TPSA) is 109 Å². The summed E-state index contributed by atoms with van der Waals surface area (Å²) >= 11 is 0. The maximum atomic E-state index is 12.0. The molecule has 0 aliphatic carbocycles. The lowest BCUT2D eigenvalue weighted by molar-refractivity contribution is -0.131. The molecule has 0 aliphatic rings. The number of hydrogen-bond donors (Lipinski definition) is 3. The molecule has 0 fully saturated rings. The van der Waals surface area contributed by atoms with Crippen molar-refractivity contribution in [3.8, 4) is 0 Å². The van der Waals surface area contributed by atoms with Gasteiger partial charge in [0.25, 0.3) is 5.91 Å². The molecule has 2 amide bonds. The summed E-state index contributed by atoms with van der Waals surface area (Å²) in [6, 6.07) is 6.50. The van der Waals surface area contributed by atoms with Crippen LogP contribution in [0.3, 0.4) is 0 Å². The minimum atomic E-state index is -1.06. The Morgan fingerprint density at radius 1 is 1.33 bits per heavy atom. The second-order valence-corrected chi connectivity index (χ2v) is 5.23. The number of hydrogen-bond acceptors (Lipinski definition) is 3. The molecule has 1 rings (SSSR count). The Balaban J connectivity index is 2.77. The molecule has 0 unspecified atom stereocenters. The van der Waals surface area contributed by atoms with Crippen LogP contribution in [0.15, 0.2) is 30.3 Å². The number of rotatable bonds is 6. The van der Waals surface area contributed by atoms with E-state index in [1.54, 1.807) is 38.1 Å². The molecule has 6 heteroatoms. The molecule has 0 aromatic heterocycles. The highest BCUT2D eigenvalue weighted by molar-refractivity contribution is 5.95. The fraction of sp³-hybridized carbons (Fsp3) is 0.267. The van der Waals surface area contributed by atoms with Crippen molar-refractivity contribution in [2.24, 2.45) is 11.1 Å². The fourth-order valence-corrected chi connectivity index (χ4v) is 1.44. The van der Waals surface area contributed by atoms with E-state index in [1.165, 1.54) is 6.08 Å². The fourth-order valence-electron chi connectivity index (χ4n) is 1.44. The maximum Gasteiger partial charge on any atom is 0.328 e. The van der Waals surface area contributed by atoms with Gasteiger partial charge in [-0.25, -0.2) is 4.79 Å². The summed E-state index contributed by atoms with van der Waals surface area (Å²) in [4.78, 5) is 33.6. The first-order valence-electron chi connectivity index (χ1n) is 6.31. The quantitative estimate of drug-likeness (QED) is 0.679. The standard InChI is InChI=1S/C15H18N2O4/c1-15(2,14(16)21)9-17-13(20)11-5-3-4-10(8-11)6-7-12(18)19/h3-8H,9H2,1-2H3,(H2,16,21)(H,17,20)(H,18,19)/b7-6+. The summed E-state index contributed by atoms with van der Waals surface area (Å²) in [5.41, 5.74) is 5.37. The third-order valence-corrected chi connectivity index (χ3v) is 2.93. The molecule has 112 valence electrons. The summed E-state index contributed by atoms with van der Waals surface area (Å²) < 4.78 is 0. The van der Waals surface area contributed by atoms with Crippen LogP contribution < -0.4 is 11.1 Å². The third-order valence-electron chi connectivity index (χ3n) is 2.93. The molecule has 0 heterocycles. The van der Waals surface area contributed by atoms with Crippen molar-refractivity contribution in [3.05, 3.63) is 41.5 Å². The predicted molar refractivity (Wildman–Crippen MR) is 78.4 cm³/mol. The highest BCUT2D eigenvalue weighted by Gasteiger charge is 2.25.